The highest BCUT2D eigenvalue weighted by molar-refractivity contribution is 5.93. The van der Waals surface area contributed by atoms with Crippen LogP contribution in [0.4, 0.5) is 0 Å². The van der Waals surface area contributed by atoms with Gasteiger partial charge in [0.05, 0.1) is 0 Å². The number of aromatic nitrogens is 3. The van der Waals surface area contributed by atoms with Crippen molar-refractivity contribution < 1.29 is 14.7 Å². The topological polar surface area (TPSA) is 99.2 Å². The summed E-state index contributed by atoms with van der Waals surface area (Å²) in [6.07, 6.45) is 1.59. The van der Waals surface area contributed by atoms with Crippen LogP contribution in [0.3, 0.4) is 0 Å². The standard InChI is InChI=1S/C12H20N4O3/c1-5-6-8-13-10(15-14-8)11(19)16(7-9(17)18)12(2,3)4/h5-7H2,1-4H3,(H,17,18)(H,13,14,15). The average Bonchev–Trinajstić information content (AvgIpc) is 2.72. The number of amides is 1. The minimum absolute atomic E-state index is 0.0135. The molecule has 0 aliphatic carbocycles. The van der Waals surface area contributed by atoms with E-state index in [0.29, 0.717) is 12.2 Å². The van der Waals surface area contributed by atoms with Crippen molar-refractivity contribution >= 4 is 11.9 Å². The lowest BCUT2D eigenvalue weighted by atomic mass is 10.1. The van der Waals surface area contributed by atoms with E-state index < -0.39 is 17.4 Å². The third kappa shape index (κ3) is 4.04. The van der Waals surface area contributed by atoms with Crippen LogP contribution in [-0.2, 0) is 11.2 Å². The summed E-state index contributed by atoms with van der Waals surface area (Å²) in [5.41, 5.74) is -0.610. The first-order valence-electron chi connectivity index (χ1n) is 6.20. The number of hydrogen-bond acceptors (Lipinski definition) is 4. The van der Waals surface area contributed by atoms with Gasteiger partial charge in [0, 0.05) is 12.0 Å². The highest BCUT2D eigenvalue weighted by Crippen LogP contribution is 2.15. The summed E-state index contributed by atoms with van der Waals surface area (Å²) >= 11 is 0. The molecule has 19 heavy (non-hydrogen) atoms. The van der Waals surface area contributed by atoms with Gasteiger partial charge in [-0.3, -0.25) is 14.7 Å². The third-order valence-corrected chi connectivity index (χ3v) is 2.56. The monoisotopic (exact) mass is 268 g/mol. The maximum absolute atomic E-state index is 12.3. The molecule has 0 fully saturated rings. The van der Waals surface area contributed by atoms with Crippen molar-refractivity contribution in [3.8, 4) is 0 Å². The average molecular weight is 268 g/mol. The summed E-state index contributed by atoms with van der Waals surface area (Å²) in [6.45, 7) is 6.93. The molecule has 0 aliphatic heterocycles. The predicted molar refractivity (Wildman–Crippen MR) is 68.8 cm³/mol. The van der Waals surface area contributed by atoms with Gasteiger partial charge in [0.15, 0.2) is 0 Å². The van der Waals surface area contributed by atoms with Gasteiger partial charge in [-0.05, 0) is 27.2 Å². The zero-order chi connectivity index (χ0) is 14.6. The van der Waals surface area contributed by atoms with Crippen molar-refractivity contribution in [3.05, 3.63) is 11.6 Å². The predicted octanol–water partition coefficient (Wildman–Crippen LogP) is 1.08. The number of aryl methyl sites for hydroxylation is 1. The number of carboxylic acids is 1. The van der Waals surface area contributed by atoms with E-state index in [-0.39, 0.29) is 12.4 Å². The number of rotatable bonds is 5. The number of nitrogens with zero attached hydrogens (tertiary/aromatic N) is 3. The number of carbonyl (C=O) groups excluding carboxylic acids is 1. The molecule has 0 unspecified atom stereocenters. The zero-order valence-electron chi connectivity index (χ0n) is 11.7. The minimum atomic E-state index is -1.06. The number of aromatic amines is 1. The van der Waals surface area contributed by atoms with Crippen molar-refractivity contribution in [2.45, 2.75) is 46.1 Å². The number of carboxylic acid groups (broad SMARTS) is 1. The van der Waals surface area contributed by atoms with Crippen molar-refractivity contribution in [2.24, 2.45) is 0 Å². The normalized spacial score (nSPS) is 11.4. The van der Waals surface area contributed by atoms with E-state index in [4.69, 9.17) is 5.11 Å². The fraction of sp³-hybridized carbons (Fsp3) is 0.667. The van der Waals surface area contributed by atoms with Crippen LogP contribution in [0, 0.1) is 0 Å². The van der Waals surface area contributed by atoms with E-state index in [1.165, 1.54) is 4.90 Å². The second-order valence-electron chi connectivity index (χ2n) is 5.31. The molecule has 0 bridgehead atoms. The lowest BCUT2D eigenvalue weighted by Gasteiger charge is -2.33. The van der Waals surface area contributed by atoms with Gasteiger partial charge < -0.3 is 10.0 Å². The summed E-state index contributed by atoms with van der Waals surface area (Å²) in [5.74, 6) is -0.893. The number of carbonyl (C=O) groups is 2. The number of hydrogen-bond donors (Lipinski definition) is 2. The summed E-state index contributed by atoms with van der Waals surface area (Å²) in [7, 11) is 0. The molecule has 0 aliphatic rings. The summed E-state index contributed by atoms with van der Waals surface area (Å²) in [6, 6.07) is 0. The Morgan fingerprint density at radius 1 is 1.37 bits per heavy atom. The van der Waals surface area contributed by atoms with E-state index in [2.05, 4.69) is 15.2 Å². The Morgan fingerprint density at radius 3 is 2.47 bits per heavy atom. The summed E-state index contributed by atoms with van der Waals surface area (Å²) in [5, 5.41) is 15.4. The molecule has 1 aromatic heterocycles. The quantitative estimate of drug-likeness (QED) is 0.832. The first-order valence-corrected chi connectivity index (χ1v) is 6.20. The van der Waals surface area contributed by atoms with Crippen LogP contribution in [0.5, 0.6) is 0 Å². The number of nitrogens with one attached hydrogen (secondary N) is 1. The first-order chi connectivity index (χ1) is 8.75. The van der Waals surface area contributed by atoms with Crippen LogP contribution in [0.25, 0.3) is 0 Å². The second-order valence-corrected chi connectivity index (χ2v) is 5.31. The zero-order valence-corrected chi connectivity index (χ0v) is 11.7. The molecule has 0 atom stereocenters. The van der Waals surface area contributed by atoms with Gasteiger partial charge in [-0.2, -0.15) is 0 Å². The van der Waals surface area contributed by atoms with Crippen LogP contribution in [0.15, 0.2) is 0 Å². The number of aliphatic carboxylic acids is 1. The molecule has 0 saturated carbocycles. The Hall–Kier alpha value is -1.92. The molecule has 1 heterocycles. The molecule has 0 aromatic carbocycles. The fourth-order valence-corrected chi connectivity index (χ4v) is 1.61. The van der Waals surface area contributed by atoms with Crippen molar-refractivity contribution in [1.82, 2.24) is 20.1 Å². The Balaban J connectivity index is 2.95. The summed E-state index contributed by atoms with van der Waals surface area (Å²) < 4.78 is 0. The van der Waals surface area contributed by atoms with Gasteiger partial charge in [-0.1, -0.05) is 6.92 Å². The SMILES string of the molecule is CCCc1nc(C(=O)N(CC(=O)O)C(C)(C)C)n[nH]1. The van der Waals surface area contributed by atoms with E-state index in [1.54, 1.807) is 20.8 Å². The number of H-pyrrole nitrogens is 1. The van der Waals surface area contributed by atoms with Crippen molar-refractivity contribution in [3.63, 3.8) is 0 Å². The molecule has 0 spiro atoms. The minimum Gasteiger partial charge on any atom is -0.480 e. The highest BCUT2D eigenvalue weighted by atomic mass is 16.4. The Labute approximate surface area is 112 Å². The van der Waals surface area contributed by atoms with Crippen LogP contribution in [0.1, 0.15) is 50.6 Å². The van der Waals surface area contributed by atoms with Gasteiger partial charge in [0.2, 0.25) is 5.82 Å². The van der Waals surface area contributed by atoms with Gasteiger partial charge in [-0.25, -0.2) is 4.98 Å². The summed E-state index contributed by atoms with van der Waals surface area (Å²) in [4.78, 5) is 28.5. The Kier molecular flexibility index (Phi) is 4.63. The van der Waals surface area contributed by atoms with Gasteiger partial charge in [-0.15, -0.1) is 5.10 Å². The van der Waals surface area contributed by atoms with E-state index >= 15 is 0 Å². The van der Waals surface area contributed by atoms with Crippen LogP contribution in [0.2, 0.25) is 0 Å². The lowest BCUT2D eigenvalue weighted by molar-refractivity contribution is -0.138. The Morgan fingerprint density at radius 2 is 2.00 bits per heavy atom. The molecule has 1 aromatic rings. The van der Waals surface area contributed by atoms with E-state index in [0.717, 1.165) is 6.42 Å². The molecule has 7 nitrogen and oxygen atoms in total. The molecule has 2 N–H and O–H groups in total. The lowest BCUT2D eigenvalue weighted by Crippen LogP contribution is -2.48. The molecule has 106 valence electrons. The largest absolute Gasteiger partial charge is 0.480 e. The van der Waals surface area contributed by atoms with E-state index in [1.807, 2.05) is 6.92 Å². The first kappa shape index (κ1) is 15.1. The molecular formula is C12H20N4O3. The molecule has 1 rings (SSSR count). The van der Waals surface area contributed by atoms with Crippen molar-refractivity contribution in [1.29, 1.82) is 0 Å². The smallest absolute Gasteiger partial charge is 0.323 e. The van der Waals surface area contributed by atoms with Crippen LogP contribution < -0.4 is 0 Å². The van der Waals surface area contributed by atoms with E-state index in [9.17, 15) is 9.59 Å². The van der Waals surface area contributed by atoms with Crippen molar-refractivity contribution in [2.75, 3.05) is 6.54 Å². The molecular weight excluding hydrogens is 248 g/mol. The third-order valence-electron chi connectivity index (χ3n) is 2.56. The molecule has 1 amide bonds. The van der Waals surface area contributed by atoms with Crippen LogP contribution >= 0.6 is 0 Å². The maximum atomic E-state index is 12.3. The molecule has 0 radical (unpaired) electrons. The second kappa shape index (κ2) is 5.81. The van der Waals surface area contributed by atoms with Gasteiger partial charge in [0.1, 0.15) is 12.4 Å². The maximum Gasteiger partial charge on any atom is 0.323 e. The highest BCUT2D eigenvalue weighted by Gasteiger charge is 2.31. The van der Waals surface area contributed by atoms with Gasteiger partial charge in [0.25, 0.3) is 5.91 Å². The Bertz CT molecular complexity index is 462. The fourth-order valence-electron chi connectivity index (χ4n) is 1.61. The molecule has 7 heteroatoms. The molecule has 0 saturated heterocycles. The van der Waals surface area contributed by atoms with Crippen LogP contribution in [-0.4, -0.2) is 49.1 Å². The van der Waals surface area contributed by atoms with Gasteiger partial charge >= 0.3 is 5.97 Å².